The number of nitrogens with zero attached hydrogens (tertiary/aromatic N) is 6. The summed E-state index contributed by atoms with van der Waals surface area (Å²) in [5.74, 6) is 2.00. The predicted octanol–water partition coefficient (Wildman–Crippen LogP) is 1.12. The second-order valence-electron chi connectivity index (χ2n) is 5.90. The highest BCUT2D eigenvalue weighted by molar-refractivity contribution is 5.56. The van der Waals surface area contributed by atoms with Crippen LogP contribution in [0.4, 0.5) is 5.82 Å². The smallest absolute Gasteiger partial charge is 0.213 e. The molecule has 4 heterocycles. The summed E-state index contributed by atoms with van der Waals surface area (Å²) in [6, 6.07) is 9.60. The minimum absolute atomic E-state index is 0.191. The van der Waals surface area contributed by atoms with Crippen LogP contribution in [-0.2, 0) is 0 Å². The van der Waals surface area contributed by atoms with Crippen LogP contribution in [0.25, 0.3) is 17.2 Å². The van der Waals surface area contributed by atoms with Crippen LogP contribution in [-0.4, -0.2) is 51.0 Å². The average Bonchev–Trinajstić information content (AvgIpc) is 3.05. The molecule has 1 atom stereocenters. The Balaban J connectivity index is 1.75. The molecule has 4 rings (SSSR count). The van der Waals surface area contributed by atoms with Crippen LogP contribution in [0.3, 0.4) is 0 Å². The number of nitrogens with two attached hydrogens (primary N) is 1. The number of aromatic nitrogens is 5. The monoisotopic (exact) mass is 325 g/mol. The van der Waals surface area contributed by atoms with Gasteiger partial charge >= 0.3 is 0 Å². The quantitative estimate of drug-likeness (QED) is 0.771. The molecule has 3 aromatic rings. The highest BCUT2D eigenvalue weighted by Crippen LogP contribution is 2.21. The van der Waals surface area contributed by atoms with Crippen molar-refractivity contribution in [2.24, 2.45) is 5.73 Å². The molecular formula is C16H19N7O. The summed E-state index contributed by atoms with van der Waals surface area (Å²) in [6.45, 7) is 1.77. The fourth-order valence-electron chi connectivity index (χ4n) is 2.98. The molecule has 0 radical (unpaired) electrons. The molecule has 3 aromatic heterocycles. The highest BCUT2D eigenvalue weighted by Gasteiger charge is 2.19. The maximum Gasteiger partial charge on any atom is 0.213 e. The molecule has 1 saturated heterocycles. The van der Waals surface area contributed by atoms with Gasteiger partial charge in [-0.25, -0.2) is 4.98 Å². The minimum Gasteiger partial charge on any atom is -0.481 e. The van der Waals surface area contributed by atoms with Crippen molar-refractivity contribution in [2.45, 2.75) is 18.9 Å². The van der Waals surface area contributed by atoms with Crippen LogP contribution >= 0.6 is 0 Å². The van der Waals surface area contributed by atoms with Gasteiger partial charge in [-0.1, -0.05) is 6.07 Å². The SMILES string of the molecule is COc1cccc(-c2nnc3ccc(N4CCCC(N)C4)nn23)n1. The Morgan fingerprint density at radius 1 is 1.21 bits per heavy atom. The third-order valence-electron chi connectivity index (χ3n) is 4.19. The molecule has 1 aliphatic heterocycles. The zero-order valence-corrected chi connectivity index (χ0v) is 13.5. The number of piperidine rings is 1. The minimum atomic E-state index is 0.191. The molecule has 0 spiro atoms. The molecule has 0 amide bonds. The Morgan fingerprint density at radius 2 is 2.12 bits per heavy atom. The van der Waals surface area contributed by atoms with Crippen LogP contribution < -0.4 is 15.4 Å². The van der Waals surface area contributed by atoms with Gasteiger partial charge in [-0.3, -0.25) is 0 Å². The van der Waals surface area contributed by atoms with Gasteiger partial charge in [-0.15, -0.1) is 15.3 Å². The molecular weight excluding hydrogens is 306 g/mol. The van der Waals surface area contributed by atoms with E-state index in [0.29, 0.717) is 23.0 Å². The van der Waals surface area contributed by atoms with Gasteiger partial charge in [0.05, 0.1) is 7.11 Å². The molecule has 124 valence electrons. The van der Waals surface area contributed by atoms with Crippen LogP contribution in [0, 0.1) is 0 Å². The fourth-order valence-corrected chi connectivity index (χ4v) is 2.98. The van der Waals surface area contributed by atoms with E-state index in [-0.39, 0.29) is 6.04 Å². The first-order chi connectivity index (χ1) is 11.7. The Bertz CT molecular complexity index is 863. The number of fused-ring (bicyclic) bond motifs is 1. The van der Waals surface area contributed by atoms with Crippen molar-refractivity contribution in [2.75, 3.05) is 25.1 Å². The summed E-state index contributed by atoms with van der Waals surface area (Å²) in [7, 11) is 1.59. The standard InChI is InChI=1S/C16H19N7O/c1-24-15-6-2-5-12(18-15)16-20-19-13-7-8-14(21-23(13)16)22-9-3-4-11(17)10-22/h2,5-8,11H,3-4,9-10,17H2,1H3. The molecule has 1 aliphatic rings. The fraction of sp³-hybridized carbons (Fsp3) is 0.375. The molecule has 24 heavy (non-hydrogen) atoms. The van der Waals surface area contributed by atoms with E-state index in [1.54, 1.807) is 17.7 Å². The van der Waals surface area contributed by atoms with Crippen molar-refractivity contribution in [1.29, 1.82) is 0 Å². The summed E-state index contributed by atoms with van der Waals surface area (Å²) in [5.41, 5.74) is 7.43. The van der Waals surface area contributed by atoms with Crippen LogP contribution in [0.1, 0.15) is 12.8 Å². The summed E-state index contributed by atoms with van der Waals surface area (Å²) >= 11 is 0. The molecule has 0 saturated carbocycles. The summed E-state index contributed by atoms with van der Waals surface area (Å²) in [4.78, 5) is 6.62. The normalized spacial score (nSPS) is 18.1. The molecule has 0 aliphatic carbocycles. The Hall–Kier alpha value is -2.74. The molecule has 8 heteroatoms. The van der Waals surface area contributed by atoms with E-state index in [1.165, 1.54) is 0 Å². The van der Waals surface area contributed by atoms with E-state index >= 15 is 0 Å². The van der Waals surface area contributed by atoms with Gasteiger partial charge in [0, 0.05) is 25.2 Å². The summed E-state index contributed by atoms with van der Waals surface area (Å²) < 4.78 is 6.90. The predicted molar refractivity (Wildman–Crippen MR) is 90.0 cm³/mol. The lowest BCUT2D eigenvalue weighted by Gasteiger charge is -2.31. The third-order valence-corrected chi connectivity index (χ3v) is 4.19. The second-order valence-corrected chi connectivity index (χ2v) is 5.90. The molecule has 0 aromatic carbocycles. The van der Waals surface area contributed by atoms with Crippen LogP contribution in [0.2, 0.25) is 0 Å². The first-order valence-corrected chi connectivity index (χ1v) is 7.99. The van der Waals surface area contributed by atoms with E-state index in [2.05, 4.69) is 20.1 Å². The number of ether oxygens (including phenoxy) is 1. The lowest BCUT2D eigenvalue weighted by atomic mass is 10.1. The average molecular weight is 325 g/mol. The maximum atomic E-state index is 6.08. The topological polar surface area (TPSA) is 94.5 Å². The number of anilines is 1. The Morgan fingerprint density at radius 3 is 2.96 bits per heavy atom. The highest BCUT2D eigenvalue weighted by atomic mass is 16.5. The summed E-state index contributed by atoms with van der Waals surface area (Å²) in [5, 5.41) is 13.1. The van der Waals surface area contributed by atoms with Crippen LogP contribution in [0.15, 0.2) is 30.3 Å². The van der Waals surface area contributed by atoms with E-state index in [4.69, 9.17) is 15.6 Å². The van der Waals surface area contributed by atoms with Gasteiger partial charge in [-0.2, -0.15) is 4.52 Å². The van der Waals surface area contributed by atoms with Crippen molar-refractivity contribution in [3.8, 4) is 17.4 Å². The molecule has 2 N–H and O–H groups in total. The van der Waals surface area contributed by atoms with Gasteiger partial charge in [0.2, 0.25) is 11.7 Å². The van der Waals surface area contributed by atoms with Gasteiger partial charge < -0.3 is 15.4 Å². The van der Waals surface area contributed by atoms with Crippen molar-refractivity contribution < 1.29 is 4.74 Å². The number of hydrogen-bond donors (Lipinski definition) is 1. The molecule has 1 unspecified atom stereocenters. The lowest BCUT2D eigenvalue weighted by molar-refractivity contribution is 0.398. The number of methoxy groups -OCH3 is 1. The zero-order valence-electron chi connectivity index (χ0n) is 13.5. The Kier molecular flexibility index (Phi) is 3.73. The molecule has 8 nitrogen and oxygen atoms in total. The first-order valence-electron chi connectivity index (χ1n) is 7.99. The van der Waals surface area contributed by atoms with Crippen molar-refractivity contribution in [3.05, 3.63) is 30.3 Å². The van der Waals surface area contributed by atoms with E-state index in [0.717, 1.165) is 31.7 Å². The largest absolute Gasteiger partial charge is 0.481 e. The molecule has 0 bridgehead atoms. The zero-order chi connectivity index (χ0) is 16.5. The van der Waals surface area contributed by atoms with Gasteiger partial charge in [0.15, 0.2) is 5.65 Å². The molecule has 1 fully saturated rings. The number of pyridine rings is 1. The van der Waals surface area contributed by atoms with Crippen molar-refractivity contribution in [1.82, 2.24) is 24.8 Å². The third kappa shape index (κ3) is 2.65. The van der Waals surface area contributed by atoms with Gasteiger partial charge in [0.1, 0.15) is 11.5 Å². The van der Waals surface area contributed by atoms with Crippen molar-refractivity contribution in [3.63, 3.8) is 0 Å². The first kappa shape index (κ1) is 14.8. The van der Waals surface area contributed by atoms with E-state index in [1.807, 2.05) is 24.3 Å². The Labute approximate surface area is 139 Å². The van der Waals surface area contributed by atoms with Crippen molar-refractivity contribution >= 4 is 11.5 Å². The van der Waals surface area contributed by atoms with Gasteiger partial charge in [-0.05, 0) is 31.0 Å². The van der Waals surface area contributed by atoms with E-state index in [9.17, 15) is 0 Å². The second kappa shape index (κ2) is 6.04. The summed E-state index contributed by atoms with van der Waals surface area (Å²) in [6.07, 6.45) is 2.14. The number of rotatable bonds is 3. The van der Waals surface area contributed by atoms with Gasteiger partial charge in [0.25, 0.3) is 0 Å². The number of hydrogen-bond acceptors (Lipinski definition) is 7. The van der Waals surface area contributed by atoms with E-state index < -0.39 is 0 Å². The van der Waals surface area contributed by atoms with Crippen LogP contribution in [0.5, 0.6) is 5.88 Å². The lowest BCUT2D eigenvalue weighted by Crippen LogP contribution is -2.43. The maximum absolute atomic E-state index is 6.08.